The molecular formula is C12H24N2O3. The van der Waals surface area contributed by atoms with Crippen molar-refractivity contribution in [3.05, 3.63) is 0 Å². The normalized spacial score (nSPS) is 23.9. The zero-order chi connectivity index (χ0) is 12.9. The van der Waals surface area contributed by atoms with Gasteiger partial charge in [-0.1, -0.05) is 13.8 Å². The van der Waals surface area contributed by atoms with E-state index in [1.54, 1.807) is 7.11 Å². The number of carbonyl (C=O) groups is 1. The molecule has 1 saturated heterocycles. The van der Waals surface area contributed by atoms with E-state index in [0.717, 1.165) is 19.4 Å². The molecule has 1 heterocycles. The van der Waals surface area contributed by atoms with Crippen LogP contribution in [0.4, 0.5) is 0 Å². The predicted molar refractivity (Wildman–Crippen MR) is 65.6 cm³/mol. The third-order valence-corrected chi connectivity index (χ3v) is 3.47. The first-order valence-corrected chi connectivity index (χ1v) is 6.18. The van der Waals surface area contributed by atoms with Gasteiger partial charge in [-0.2, -0.15) is 0 Å². The van der Waals surface area contributed by atoms with Gasteiger partial charge in [0.1, 0.15) is 5.54 Å². The van der Waals surface area contributed by atoms with Gasteiger partial charge in [0.15, 0.2) is 0 Å². The summed E-state index contributed by atoms with van der Waals surface area (Å²) in [7, 11) is 1.58. The summed E-state index contributed by atoms with van der Waals surface area (Å²) in [4.78, 5) is 11.7. The van der Waals surface area contributed by atoms with E-state index >= 15 is 0 Å². The van der Waals surface area contributed by atoms with Crippen LogP contribution < -0.4 is 11.1 Å². The quantitative estimate of drug-likeness (QED) is 0.674. The van der Waals surface area contributed by atoms with Gasteiger partial charge < -0.3 is 15.2 Å². The third-order valence-electron chi connectivity index (χ3n) is 3.47. The molecule has 1 fully saturated rings. The summed E-state index contributed by atoms with van der Waals surface area (Å²) in [6, 6.07) is 0. The molecule has 1 rings (SSSR count). The van der Waals surface area contributed by atoms with Gasteiger partial charge in [-0.25, -0.2) is 0 Å². The molecule has 5 nitrogen and oxygen atoms in total. The fourth-order valence-corrected chi connectivity index (χ4v) is 2.19. The first-order valence-electron chi connectivity index (χ1n) is 6.18. The van der Waals surface area contributed by atoms with Gasteiger partial charge in [-0.15, -0.1) is 0 Å². The van der Waals surface area contributed by atoms with Crippen LogP contribution in [-0.2, 0) is 14.3 Å². The van der Waals surface area contributed by atoms with E-state index in [4.69, 9.17) is 15.2 Å². The van der Waals surface area contributed by atoms with Crippen molar-refractivity contribution in [1.82, 2.24) is 5.32 Å². The first-order chi connectivity index (χ1) is 8.03. The van der Waals surface area contributed by atoms with Crippen LogP contribution in [0.25, 0.3) is 0 Å². The van der Waals surface area contributed by atoms with Crippen LogP contribution in [0, 0.1) is 5.92 Å². The number of hydrogen-bond donors (Lipinski definition) is 2. The number of hydrogen-bond acceptors (Lipinski definition) is 4. The average molecular weight is 244 g/mol. The van der Waals surface area contributed by atoms with Crippen LogP contribution in [0.2, 0.25) is 0 Å². The molecule has 0 aliphatic carbocycles. The van der Waals surface area contributed by atoms with Crippen LogP contribution in [0.1, 0.15) is 26.7 Å². The zero-order valence-electron chi connectivity index (χ0n) is 11.0. The van der Waals surface area contributed by atoms with Gasteiger partial charge in [0.2, 0.25) is 5.91 Å². The molecule has 1 aliphatic heterocycles. The van der Waals surface area contributed by atoms with Crippen molar-refractivity contribution < 1.29 is 14.3 Å². The summed E-state index contributed by atoms with van der Waals surface area (Å²) in [5.74, 6) is -0.298. The maximum atomic E-state index is 11.7. The van der Waals surface area contributed by atoms with E-state index < -0.39 is 5.54 Å². The number of rotatable bonds is 7. The summed E-state index contributed by atoms with van der Waals surface area (Å²) in [6.45, 7) is 5.66. The maximum Gasteiger partial charge on any atom is 0.240 e. The highest BCUT2D eigenvalue weighted by molar-refractivity contribution is 5.85. The van der Waals surface area contributed by atoms with Crippen molar-refractivity contribution in [3.63, 3.8) is 0 Å². The van der Waals surface area contributed by atoms with Crippen molar-refractivity contribution >= 4 is 5.91 Å². The highest BCUT2D eigenvalue weighted by atomic mass is 16.5. The Kier molecular flexibility index (Phi) is 5.36. The van der Waals surface area contributed by atoms with Crippen molar-refractivity contribution in [2.24, 2.45) is 11.7 Å². The lowest BCUT2D eigenvalue weighted by molar-refractivity contribution is -0.129. The van der Waals surface area contributed by atoms with Crippen molar-refractivity contribution in [2.75, 3.05) is 26.9 Å². The summed E-state index contributed by atoms with van der Waals surface area (Å²) < 4.78 is 10.7. The standard InChI is InChI=1S/C12H24N2O3/c1-9(2)12(8-16-3,11(13)15)14-7-10-5-4-6-17-10/h9-10,14H,4-8H2,1-3H3,(H2,13,15). The second-order valence-electron chi connectivity index (χ2n) is 4.94. The molecule has 1 amide bonds. The number of carbonyl (C=O) groups excluding carboxylic acids is 1. The van der Waals surface area contributed by atoms with E-state index in [9.17, 15) is 4.79 Å². The molecule has 1 aliphatic rings. The van der Waals surface area contributed by atoms with Crippen LogP contribution in [-0.4, -0.2) is 44.4 Å². The van der Waals surface area contributed by atoms with Crippen LogP contribution in [0.5, 0.6) is 0 Å². The summed E-state index contributed by atoms with van der Waals surface area (Å²) in [5, 5.41) is 3.25. The van der Waals surface area contributed by atoms with Crippen molar-refractivity contribution in [2.45, 2.75) is 38.3 Å². The Morgan fingerprint density at radius 2 is 2.35 bits per heavy atom. The van der Waals surface area contributed by atoms with Gasteiger partial charge in [-0.3, -0.25) is 10.1 Å². The Morgan fingerprint density at radius 3 is 2.76 bits per heavy atom. The van der Waals surface area contributed by atoms with Gasteiger partial charge in [0.05, 0.1) is 12.7 Å². The third kappa shape index (κ3) is 3.40. The average Bonchev–Trinajstić information content (AvgIpc) is 2.76. The fourth-order valence-electron chi connectivity index (χ4n) is 2.19. The maximum absolute atomic E-state index is 11.7. The van der Waals surface area contributed by atoms with Crippen molar-refractivity contribution in [1.29, 1.82) is 0 Å². The molecule has 0 spiro atoms. The number of methoxy groups -OCH3 is 1. The van der Waals surface area contributed by atoms with Gasteiger partial charge >= 0.3 is 0 Å². The molecule has 0 bridgehead atoms. The second kappa shape index (κ2) is 6.33. The topological polar surface area (TPSA) is 73.6 Å². The minimum atomic E-state index is -0.805. The second-order valence-corrected chi connectivity index (χ2v) is 4.94. The molecule has 3 N–H and O–H groups in total. The minimum Gasteiger partial charge on any atom is -0.382 e. The number of ether oxygens (including phenoxy) is 2. The molecule has 0 aromatic carbocycles. The smallest absolute Gasteiger partial charge is 0.240 e. The Morgan fingerprint density at radius 1 is 1.65 bits per heavy atom. The monoisotopic (exact) mass is 244 g/mol. The van der Waals surface area contributed by atoms with E-state index in [0.29, 0.717) is 6.54 Å². The van der Waals surface area contributed by atoms with Gasteiger partial charge in [0, 0.05) is 20.3 Å². The number of nitrogens with one attached hydrogen (secondary N) is 1. The lowest BCUT2D eigenvalue weighted by Gasteiger charge is -2.35. The number of nitrogens with two attached hydrogens (primary N) is 1. The Bertz CT molecular complexity index is 252. The molecule has 0 saturated carbocycles. The molecule has 0 aromatic rings. The minimum absolute atomic E-state index is 0.0707. The van der Waals surface area contributed by atoms with E-state index in [2.05, 4.69) is 5.32 Å². The molecule has 0 aromatic heterocycles. The predicted octanol–water partition coefficient (Wildman–Crippen LogP) is 0.282. The van der Waals surface area contributed by atoms with Crippen molar-refractivity contribution in [3.8, 4) is 0 Å². The largest absolute Gasteiger partial charge is 0.382 e. The lowest BCUT2D eigenvalue weighted by Crippen LogP contribution is -2.63. The molecule has 100 valence electrons. The fraction of sp³-hybridized carbons (Fsp3) is 0.917. The SMILES string of the molecule is COCC(NCC1CCCO1)(C(N)=O)C(C)C. The van der Waals surface area contributed by atoms with E-state index in [1.165, 1.54) is 0 Å². The number of amides is 1. The Labute approximate surface area is 103 Å². The molecule has 0 radical (unpaired) electrons. The summed E-state index contributed by atoms with van der Waals surface area (Å²) in [5.41, 5.74) is 4.72. The Hall–Kier alpha value is -0.650. The van der Waals surface area contributed by atoms with Crippen LogP contribution in [0.15, 0.2) is 0 Å². The number of primary amides is 1. The molecule has 2 unspecified atom stereocenters. The van der Waals surface area contributed by atoms with E-state index in [-0.39, 0.29) is 24.5 Å². The highest BCUT2D eigenvalue weighted by Crippen LogP contribution is 2.19. The molecule has 5 heteroatoms. The molecular weight excluding hydrogens is 220 g/mol. The van der Waals surface area contributed by atoms with Gasteiger partial charge in [-0.05, 0) is 18.8 Å². The molecule has 17 heavy (non-hydrogen) atoms. The van der Waals surface area contributed by atoms with E-state index in [1.807, 2.05) is 13.8 Å². The highest BCUT2D eigenvalue weighted by Gasteiger charge is 2.40. The Balaban J connectivity index is 2.63. The summed E-state index contributed by atoms with van der Waals surface area (Å²) in [6.07, 6.45) is 2.30. The first kappa shape index (κ1) is 14.4. The lowest BCUT2D eigenvalue weighted by atomic mass is 9.86. The zero-order valence-corrected chi connectivity index (χ0v) is 11.0. The van der Waals surface area contributed by atoms with Gasteiger partial charge in [0.25, 0.3) is 0 Å². The van der Waals surface area contributed by atoms with Crippen LogP contribution in [0.3, 0.4) is 0 Å². The molecule has 2 atom stereocenters. The summed E-state index contributed by atoms with van der Waals surface area (Å²) >= 11 is 0. The van der Waals surface area contributed by atoms with Crippen LogP contribution >= 0.6 is 0 Å².